The number of hydrogen-bond donors (Lipinski definition) is 2. The molecular formula is C14H16N4O. The van der Waals surface area contributed by atoms with E-state index in [2.05, 4.69) is 32.9 Å². The topological polar surface area (TPSA) is 70.7 Å². The molecule has 1 aromatic heterocycles. The molecule has 1 heterocycles. The van der Waals surface area contributed by atoms with Gasteiger partial charge in [0, 0.05) is 12.1 Å². The van der Waals surface area contributed by atoms with Crippen molar-refractivity contribution in [3.05, 3.63) is 35.9 Å². The van der Waals surface area contributed by atoms with Gasteiger partial charge in [-0.3, -0.25) is 4.79 Å². The summed E-state index contributed by atoms with van der Waals surface area (Å²) in [6.07, 6.45) is 7.73. The van der Waals surface area contributed by atoms with Crippen molar-refractivity contribution in [2.75, 3.05) is 6.54 Å². The molecule has 5 heteroatoms. The van der Waals surface area contributed by atoms with Crippen LogP contribution in [0.5, 0.6) is 0 Å². The van der Waals surface area contributed by atoms with E-state index in [9.17, 15) is 4.79 Å². The maximum absolute atomic E-state index is 12.1. The fraction of sp³-hybridized carbons (Fsp3) is 0.357. The summed E-state index contributed by atoms with van der Waals surface area (Å²) in [5.41, 5.74) is 2.12. The van der Waals surface area contributed by atoms with Gasteiger partial charge in [0.05, 0.1) is 0 Å². The van der Waals surface area contributed by atoms with E-state index < -0.39 is 0 Å². The Labute approximate surface area is 111 Å². The number of allylic oxidation sites excluding steroid dienone is 2. The summed E-state index contributed by atoms with van der Waals surface area (Å²) in [5.74, 6) is 0.518. The number of fused-ring (bicyclic) bond motifs is 1. The Bertz CT molecular complexity index is 617. The first-order valence-corrected chi connectivity index (χ1v) is 6.56. The number of carbonyl (C=O) groups excluding carboxylic acids is 1. The first-order valence-electron chi connectivity index (χ1n) is 6.56. The van der Waals surface area contributed by atoms with E-state index in [1.165, 1.54) is 0 Å². The summed E-state index contributed by atoms with van der Waals surface area (Å²) >= 11 is 0. The van der Waals surface area contributed by atoms with Crippen molar-refractivity contribution in [2.45, 2.75) is 19.3 Å². The van der Waals surface area contributed by atoms with Crippen LogP contribution in [-0.2, 0) is 0 Å². The zero-order valence-corrected chi connectivity index (χ0v) is 10.6. The summed E-state index contributed by atoms with van der Waals surface area (Å²) in [7, 11) is 0. The van der Waals surface area contributed by atoms with Gasteiger partial charge in [0.2, 0.25) is 0 Å². The molecule has 0 spiro atoms. The highest BCUT2D eigenvalue weighted by molar-refractivity contribution is 5.97. The molecule has 19 heavy (non-hydrogen) atoms. The van der Waals surface area contributed by atoms with Crippen molar-refractivity contribution >= 4 is 16.9 Å². The van der Waals surface area contributed by atoms with Gasteiger partial charge in [-0.2, -0.15) is 15.4 Å². The molecule has 2 aromatic rings. The maximum Gasteiger partial charge on any atom is 0.251 e. The number of carbonyl (C=O) groups is 1. The van der Waals surface area contributed by atoms with Crippen molar-refractivity contribution in [2.24, 2.45) is 5.92 Å². The number of H-pyrrole nitrogens is 1. The fourth-order valence-electron chi connectivity index (χ4n) is 2.36. The molecule has 1 aliphatic rings. The fourth-order valence-corrected chi connectivity index (χ4v) is 2.36. The zero-order chi connectivity index (χ0) is 13.1. The number of benzene rings is 1. The highest BCUT2D eigenvalue weighted by Gasteiger charge is 2.13. The number of aromatic nitrogens is 3. The van der Waals surface area contributed by atoms with E-state index >= 15 is 0 Å². The third-order valence-corrected chi connectivity index (χ3v) is 3.51. The Morgan fingerprint density at radius 1 is 1.32 bits per heavy atom. The van der Waals surface area contributed by atoms with Gasteiger partial charge >= 0.3 is 0 Å². The quantitative estimate of drug-likeness (QED) is 0.826. The van der Waals surface area contributed by atoms with Crippen LogP contribution in [0.1, 0.15) is 29.6 Å². The van der Waals surface area contributed by atoms with Crippen LogP contribution in [0.2, 0.25) is 0 Å². The monoisotopic (exact) mass is 256 g/mol. The minimum absolute atomic E-state index is 0.0422. The molecule has 1 atom stereocenters. The number of hydrogen-bond acceptors (Lipinski definition) is 3. The van der Waals surface area contributed by atoms with Gasteiger partial charge < -0.3 is 5.32 Å². The second-order valence-corrected chi connectivity index (χ2v) is 4.89. The number of amides is 1. The molecule has 0 saturated carbocycles. The lowest BCUT2D eigenvalue weighted by Crippen LogP contribution is -2.29. The standard InChI is InChI=1S/C14H16N4O/c19-14(15-9-10-4-2-1-3-5-10)11-6-7-12-13(8-11)17-18-16-12/h1-2,6-8,10H,3-5,9H2,(H,15,19)(H,16,17,18)/t10-/m0/s1. The van der Waals surface area contributed by atoms with Gasteiger partial charge in [-0.05, 0) is 43.4 Å². The Balaban J connectivity index is 1.64. The van der Waals surface area contributed by atoms with Crippen LogP contribution >= 0.6 is 0 Å². The molecule has 5 nitrogen and oxygen atoms in total. The van der Waals surface area contributed by atoms with Crippen LogP contribution in [0.4, 0.5) is 0 Å². The first-order chi connectivity index (χ1) is 9.33. The highest BCUT2D eigenvalue weighted by atomic mass is 16.1. The smallest absolute Gasteiger partial charge is 0.251 e. The van der Waals surface area contributed by atoms with E-state index in [1.54, 1.807) is 18.2 Å². The molecular weight excluding hydrogens is 240 g/mol. The number of nitrogens with zero attached hydrogens (tertiary/aromatic N) is 2. The normalized spacial score (nSPS) is 18.6. The van der Waals surface area contributed by atoms with Gasteiger partial charge in [0.25, 0.3) is 5.91 Å². The summed E-state index contributed by atoms with van der Waals surface area (Å²) in [6.45, 7) is 0.736. The summed E-state index contributed by atoms with van der Waals surface area (Å²) in [5, 5.41) is 13.5. The largest absolute Gasteiger partial charge is 0.352 e. The molecule has 98 valence electrons. The SMILES string of the molecule is O=C(NC[C@H]1CC=CCC1)c1ccc2n[nH]nc2c1. The van der Waals surface area contributed by atoms with E-state index in [0.29, 0.717) is 17.0 Å². The molecule has 0 fully saturated rings. The Morgan fingerprint density at radius 3 is 3.05 bits per heavy atom. The summed E-state index contributed by atoms with van der Waals surface area (Å²) < 4.78 is 0. The third-order valence-electron chi connectivity index (χ3n) is 3.51. The predicted octanol–water partition coefficient (Wildman–Crippen LogP) is 2.04. The lowest BCUT2D eigenvalue weighted by atomic mass is 9.94. The minimum Gasteiger partial charge on any atom is -0.352 e. The first kappa shape index (κ1) is 11.9. The number of nitrogens with one attached hydrogen (secondary N) is 2. The Hall–Kier alpha value is -2.17. The molecule has 0 saturated heterocycles. The highest BCUT2D eigenvalue weighted by Crippen LogP contribution is 2.17. The van der Waals surface area contributed by atoms with Crippen LogP contribution in [0, 0.1) is 5.92 Å². The zero-order valence-electron chi connectivity index (χ0n) is 10.6. The van der Waals surface area contributed by atoms with E-state index in [1.807, 2.05) is 0 Å². The average Bonchev–Trinajstić information content (AvgIpc) is 2.93. The molecule has 1 amide bonds. The Morgan fingerprint density at radius 2 is 2.21 bits per heavy atom. The van der Waals surface area contributed by atoms with Gasteiger partial charge in [0.1, 0.15) is 11.0 Å². The van der Waals surface area contributed by atoms with Gasteiger partial charge in [-0.15, -0.1) is 0 Å². The van der Waals surface area contributed by atoms with Crippen LogP contribution < -0.4 is 5.32 Å². The maximum atomic E-state index is 12.1. The van der Waals surface area contributed by atoms with Gasteiger partial charge in [-0.1, -0.05) is 12.2 Å². The molecule has 1 aromatic carbocycles. The molecule has 0 unspecified atom stereocenters. The second-order valence-electron chi connectivity index (χ2n) is 4.89. The van der Waals surface area contributed by atoms with Gasteiger partial charge in [0.15, 0.2) is 0 Å². The van der Waals surface area contributed by atoms with Crippen molar-refractivity contribution in [3.8, 4) is 0 Å². The molecule has 0 radical (unpaired) electrons. The lowest BCUT2D eigenvalue weighted by molar-refractivity contribution is 0.0946. The van der Waals surface area contributed by atoms with Crippen molar-refractivity contribution in [1.82, 2.24) is 20.7 Å². The molecule has 3 rings (SSSR count). The van der Waals surface area contributed by atoms with Crippen LogP contribution in [0.15, 0.2) is 30.4 Å². The predicted molar refractivity (Wildman–Crippen MR) is 72.7 cm³/mol. The van der Waals surface area contributed by atoms with Crippen LogP contribution in [0.25, 0.3) is 11.0 Å². The lowest BCUT2D eigenvalue weighted by Gasteiger charge is -2.18. The Kier molecular flexibility index (Phi) is 3.27. The minimum atomic E-state index is -0.0422. The van der Waals surface area contributed by atoms with E-state index in [-0.39, 0.29) is 5.91 Å². The van der Waals surface area contributed by atoms with E-state index in [0.717, 1.165) is 31.3 Å². The van der Waals surface area contributed by atoms with Crippen LogP contribution in [0.3, 0.4) is 0 Å². The van der Waals surface area contributed by atoms with Gasteiger partial charge in [-0.25, -0.2) is 0 Å². The average molecular weight is 256 g/mol. The second kappa shape index (κ2) is 5.22. The molecule has 0 aliphatic heterocycles. The van der Waals surface area contributed by atoms with Crippen LogP contribution in [-0.4, -0.2) is 27.9 Å². The summed E-state index contributed by atoms with van der Waals surface area (Å²) in [6, 6.07) is 5.34. The van der Waals surface area contributed by atoms with Crippen molar-refractivity contribution in [3.63, 3.8) is 0 Å². The molecule has 0 bridgehead atoms. The van der Waals surface area contributed by atoms with Crippen molar-refractivity contribution in [1.29, 1.82) is 0 Å². The summed E-state index contributed by atoms with van der Waals surface area (Å²) in [4.78, 5) is 12.1. The number of aromatic amines is 1. The van der Waals surface area contributed by atoms with E-state index in [4.69, 9.17) is 0 Å². The van der Waals surface area contributed by atoms with Crippen molar-refractivity contribution < 1.29 is 4.79 Å². The third kappa shape index (κ3) is 2.65. The molecule has 2 N–H and O–H groups in total. The molecule has 1 aliphatic carbocycles. The number of rotatable bonds is 3.